The predicted molar refractivity (Wildman–Crippen MR) is 100 cm³/mol. The molecule has 1 aromatic rings. The van der Waals surface area contributed by atoms with Crippen molar-refractivity contribution in [3.05, 3.63) is 35.4 Å². The molecule has 8 nitrogen and oxygen atoms in total. The van der Waals surface area contributed by atoms with Crippen LogP contribution in [0.25, 0.3) is 0 Å². The lowest BCUT2D eigenvalue weighted by Gasteiger charge is -2.26. The first kappa shape index (κ1) is 19.9. The van der Waals surface area contributed by atoms with Gasteiger partial charge in [-0.05, 0) is 44.2 Å². The lowest BCUT2D eigenvalue weighted by Crippen LogP contribution is -2.40. The zero-order valence-electron chi connectivity index (χ0n) is 16.1. The van der Waals surface area contributed by atoms with Crippen LogP contribution < -0.4 is 10.6 Å². The molecule has 0 aromatic heterocycles. The van der Waals surface area contributed by atoms with E-state index in [-0.39, 0.29) is 37.4 Å². The standard InChI is InChI=1S/C20H25N3O5/c1-20(2)18(26)23(19(27)22-20)11-10-17(25)28-12-16(24)21-15-9-5-7-13-6-3-4-8-14(13)15/h3-4,6,8,15H,5,7,9-12H2,1-2H3,(H,21,24)(H,22,27)/t15-/m1/s1. The van der Waals surface area contributed by atoms with Crippen molar-refractivity contribution in [2.75, 3.05) is 13.2 Å². The Morgan fingerprint density at radius 1 is 1.29 bits per heavy atom. The van der Waals surface area contributed by atoms with Crippen LogP contribution in [0.1, 0.15) is 50.3 Å². The summed E-state index contributed by atoms with van der Waals surface area (Å²) in [5.74, 6) is -1.39. The molecule has 3 rings (SSSR count). The topological polar surface area (TPSA) is 105 Å². The third kappa shape index (κ3) is 4.32. The van der Waals surface area contributed by atoms with E-state index >= 15 is 0 Å². The van der Waals surface area contributed by atoms with E-state index in [0.717, 1.165) is 29.7 Å². The normalized spacial score (nSPS) is 20.4. The predicted octanol–water partition coefficient (Wildman–Crippen LogP) is 1.44. The fraction of sp³-hybridized carbons (Fsp3) is 0.500. The lowest BCUT2D eigenvalue weighted by atomic mass is 9.88. The summed E-state index contributed by atoms with van der Waals surface area (Å²) in [6, 6.07) is 7.38. The highest BCUT2D eigenvalue weighted by molar-refractivity contribution is 6.06. The van der Waals surface area contributed by atoms with Crippen LogP contribution in [0.2, 0.25) is 0 Å². The van der Waals surface area contributed by atoms with Crippen molar-refractivity contribution >= 4 is 23.8 Å². The zero-order valence-corrected chi connectivity index (χ0v) is 16.1. The summed E-state index contributed by atoms with van der Waals surface area (Å²) < 4.78 is 4.99. The molecule has 1 saturated heterocycles. The Morgan fingerprint density at radius 3 is 2.75 bits per heavy atom. The van der Waals surface area contributed by atoms with Crippen LogP contribution in [0, 0.1) is 0 Å². The molecule has 1 atom stereocenters. The minimum absolute atomic E-state index is 0.0788. The second kappa shape index (κ2) is 8.00. The quantitative estimate of drug-likeness (QED) is 0.568. The molecule has 0 spiro atoms. The Morgan fingerprint density at radius 2 is 2.04 bits per heavy atom. The van der Waals surface area contributed by atoms with Crippen molar-refractivity contribution in [1.82, 2.24) is 15.5 Å². The number of amides is 4. The van der Waals surface area contributed by atoms with E-state index in [4.69, 9.17) is 4.74 Å². The number of esters is 1. The van der Waals surface area contributed by atoms with E-state index in [1.807, 2.05) is 18.2 Å². The third-order valence-electron chi connectivity index (χ3n) is 5.05. The van der Waals surface area contributed by atoms with Crippen molar-refractivity contribution < 1.29 is 23.9 Å². The molecule has 28 heavy (non-hydrogen) atoms. The first-order valence-electron chi connectivity index (χ1n) is 9.45. The number of carbonyl (C=O) groups is 4. The van der Waals surface area contributed by atoms with E-state index in [0.29, 0.717) is 0 Å². The Hall–Kier alpha value is -2.90. The third-order valence-corrected chi connectivity index (χ3v) is 5.05. The number of ether oxygens (including phenoxy) is 1. The Labute approximate surface area is 163 Å². The van der Waals surface area contributed by atoms with Gasteiger partial charge in [0.25, 0.3) is 11.8 Å². The maximum Gasteiger partial charge on any atom is 0.325 e. The molecular formula is C20H25N3O5. The van der Waals surface area contributed by atoms with Crippen LogP contribution in [0.5, 0.6) is 0 Å². The van der Waals surface area contributed by atoms with E-state index in [2.05, 4.69) is 16.7 Å². The number of hydrogen-bond donors (Lipinski definition) is 2. The number of hydrogen-bond acceptors (Lipinski definition) is 5. The van der Waals surface area contributed by atoms with Gasteiger partial charge in [-0.15, -0.1) is 0 Å². The summed E-state index contributed by atoms with van der Waals surface area (Å²) in [7, 11) is 0. The van der Waals surface area contributed by atoms with E-state index < -0.39 is 17.5 Å². The molecule has 1 aliphatic heterocycles. The number of nitrogens with one attached hydrogen (secondary N) is 2. The number of carbonyl (C=O) groups excluding carboxylic acids is 4. The highest BCUT2D eigenvalue weighted by Gasteiger charge is 2.44. The fourth-order valence-corrected chi connectivity index (χ4v) is 3.58. The summed E-state index contributed by atoms with van der Waals surface area (Å²) in [4.78, 5) is 48.9. The molecule has 0 radical (unpaired) electrons. The van der Waals surface area contributed by atoms with Crippen LogP contribution in [0.15, 0.2) is 24.3 Å². The van der Waals surface area contributed by atoms with Crippen LogP contribution in [0.4, 0.5) is 4.79 Å². The Balaban J connectivity index is 1.43. The Bertz CT molecular complexity index is 805. The SMILES string of the molecule is CC1(C)NC(=O)N(CCC(=O)OCC(=O)N[C@@H]2CCCc3ccccc32)C1=O. The van der Waals surface area contributed by atoms with Crippen LogP contribution in [-0.2, 0) is 25.5 Å². The molecule has 0 bridgehead atoms. The first-order chi connectivity index (χ1) is 13.3. The molecule has 1 fully saturated rings. The maximum absolute atomic E-state index is 12.2. The largest absolute Gasteiger partial charge is 0.456 e. The number of nitrogens with zero attached hydrogens (tertiary/aromatic N) is 1. The number of urea groups is 1. The lowest BCUT2D eigenvalue weighted by molar-refractivity contribution is -0.149. The molecule has 150 valence electrons. The van der Waals surface area contributed by atoms with E-state index in [1.165, 1.54) is 5.56 Å². The van der Waals surface area contributed by atoms with Gasteiger partial charge in [-0.2, -0.15) is 0 Å². The molecule has 0 saturated carbocycles. The summed E-state index contributed by atoms with van der Waals surface area (Å²) in [6.45, 7) is 2.73. The van der Waals surface area contributed by atoms with E-state index in [1.54, 1.807) is 13.8 Å². The van der Waals surface area contributed by atoms with Gasteiger partial charge < -0.3 is 15.4 Å². The molecule has 0 unspecified atom stereocenters. The van der Waals surface area contributed by atoms with Gasteiger partial charge in [-0.3, -0.25) is 19.3 Å². The van der Waals surface area contributed by atoms with Crippen LogP contribution in [0.3, 0.4) is 0 Å². The van der Waals surface area contributed by atoms with Crippen molar-refractivity contribution in [2.45, 2.75) is 51.1 Å². The summed E-state index contributed by atoms with van der Waals surface area (Å²) in [5.41, 5.74) is 1.36. The number of fused-ring (bicyclic) bond motifs is 1. The molecule has 1 aliphatic carbocycles. The number of benzene rings is 1. The average molecular weight is 387 g/mol. The minimum Gasteiger partial charge on any atom is -0.456 e. The van der Waals surface area contributed by atoms with Gasteiger partial charge in [0.15, 0.2) is 6.61 Å². The molecule has 2 N–H and O–H groups in total. The van der Waals surface area contributed by atoms with Gasteiger partial charge in [0.1, 0.15) is 5.54 Å². The van der Waals surface area contributed by atoms with Crippen LogP contribution in [-0.4, -0.2) is 47.4 Å². The molecular weight excluding hydrogens is 362 g/mol. The van der Waals surface area contributed by atoms with Gasteiger partial charge in [0.2, 0.25) is 0 Å². The Kier molecular flexibility index (Phi) is 5.67. The zero-order chi connectivity index (χ0) is 20.3. The monoisotopic (exact) mass is 387 g/mol. The summed E-state index contributed by atoms with van der Waals surface area (Å²) >= 11 is 0. The van der Waals surface area contributed by atoms with E-state index in [9.17, 15) is 19.2 Å². The highest BCUT2D eigenvalue weighted by atomic mass is 16.5. The van der Waals surface area contributed by atoms with Gasteiger partial charge in [0, 0.05) is 6.54 Å². The van der Waals surface area contributed by atoms with Gasteiger partial charge in [-0.25, -0.2) is 4.79 Å². The summed E-state index contributed by atoms with van der Waals surface area (Å²) in [5, 5.41) is 5.45. The van der Waals surface area contributed by atoms with Crippen molar-refractivity contribution in [3.8, 4) is 0 Å². The molecule has 1 aromatic carbocycles. The minimum atomic E-state index is -0.975. The van der Waals surface area contributed by atoms with Crippen molar-refractivity contribution in [1.29, 1.82) is 0 Å². The summed E-state index contributed by atoms with van der Waals surface area (Å²) in [6.07, 6.45) is 2.68. The van der Waals surface area contributed by atoms with Gasteiger partial charge in [0.05, 0.1) is 12.5 Å². The van der Waals surface area contributed by atoms with Crippen molar-refractivity contribution in [2.24, 2.45) is 0 Å². The van der Waals surface area contributed by atoms with Crippen LogP contribution >= 0.6 is 0 Å². The second-order valence-electron chi connectivity index (χ2n) is 7.63. The molecule has 2 aliphatic rings. The van der Waals surface area contributed by atoms with Gasteiger partial charge >= 0.3 is 12.0 Å². The fourth-order valence-electron chi connectivity index (χ4n) is 3.58. The number of aryl methyl sites for hydroxylation is 1. The average Bonchev–Trinajstić information content (AvgIpc) is 2.85. The smallest absolute Gasteiger partial charge is 0.325 e. The molecule has 1 heterocycles. The first-order valence-corrected chi connectivity index (χ1v) is 9.45. The second-order valence-corrected chi connectivity index (χ2v) is 7.63. The van der Waals surface area contributed by atoms with Crippen molar-refractivity contribution in [3.63, 3.8) is 0 Å². The highest BCUT2D eigenvalue weighted by Crippen LogP contribution is 2.29. The molecule has 8 heteroatoms. The maximum atomic E-state index is 12.2. The molecule has 4 amide bonds. The number of rotatable bonds is 6. The van der Waals surface area contributed by atoms with Gasteiger partial charge in [-0.1, -0.05) is 24.3 Å². The number of imide groups is 1.